The van der Waals surface area contributed by atoms with Crippen molar-refractivity contribution in [2.24, 2.45) is 0 Å². The van der Waals surface area contributed by atoms with Gasteiger partial charge < -0.3 is 19.3 Å². The molecular formula is C20H21F2NO7S. The molecule has 0 saturated heterocycles. The summed E-state index contributed by atoms with van der Waals surface area (Å²) in [4.78, 5) is 11.0. The lowest BCUT2D eigenvalue weighted by Crippen LogP contribution is -2.31. The first-order valence-corrected chi connectivity index (χ1v) is 10.4. The normalized spacial score (nSPS) is 12.9. The lowest BCUT2D eigenvalue weighted by molar-refractivity contribution is -0.0437. The van der Waals surface area contributed by atoms with Crippen LogP contribution in [0.25, 0.3) is 6.08 Å². The molecule has 0 bridgehead atoms. The molecule has 2 aromatic rings. The van der Waals surface area contributed by atoms with Gasteiger partial charge in [-0.1, -0.05) is 6.08 Å². The van der Waals surface area contributed by atoms with Crippen LogP contribution in [0.15, 0.2) is 46.9 Å². The standard InChI is InChI=1S/C20H21F2NO7S/c1-4-29-20(25)23-31(26,27)15-7-5-14(6-8-15)30-18-16(21)10-13(11-17(18)22)9-12(2)19(24)28-3/h5-11,19,24H,4H2,1-3H3,(H,23,25)/b12-9+. The number of rotatable bonds is 8. The number of methoxy groups -OCH3 is 1. The molecule has 8 nitrogen and oxygen atoms in total. The van der Waals surface area contributed by atoms with Gasteiger partial charge in [-0.2, -0.15) is 0 Å². The monoisotopic (exact) mass is 457 g/mol. The number of nitrogens with one attached hydrogen (secondary N) is 1. The quantitative estimate of drug-likeness (QED) is 0.583. The Bertz CT molecular complexity index is 1050. The largest absolute Gasteiger partial charge is 0.451 e. The third kappa shape index (κ3) is 6.48. The van der Waals surface area contributed by atoms with Crippen LogP contribution in [-0.4, -0.2) is 39.6 Å². The number of aliphatic hydroxyl groups excluding tert-OH is 1. The maximum atomic E-state index is 14.4. The first-order valence-electron chi connectivity index (χ1n) is 8.93. The van der Waals surface area contributed by atoms with Crippen LogP contribution >= 0.6 is 0 Å². The first-order chi connectivity index (χ1) is 14.6. The molecule has 0 aliphatic rings. The fourth-order valence-corrected chi connectivity index (χ4v) is 3.30. The predicted octanol–water partition coefficient (Wildman–Crippen LogP) is 3.56. The van der Waals surface area contributed by atoms with Gasteiger partial charge in [0.2, 0.25) is 0 Å². The minimum Gasteiger partial charge on any atom is -0.451 e. The summed E-state index contributed by atoms with van der Waals surface area (Å²) in [6.45, 7) is 3.04. The third-order valence-electron chi connectivity index (χ3n) is 3.87. The maximum absolute atomic E-state index is 14.4. The zero-order chi connectivity index (χ0) is 23.2. The Morgan fingerprint density at radius 3 is 2.29 bits per heavy atom. The molecule has 0 heterocycles. The van der Waals surface area contributed by atoms with Crippen molar-refractivity contribution in [3.63, 3.8) is 0 Å². The van der Waals surface area contributed by atoms with Crippen LogP contribution in [0, 0.1) is 11.6 Å². The van der Waals surface area contributed by atoms with Gasteiger partial charge in [0, 0.05) is 7.11 Å². The van der Waals surface area contributed by atoms with Crippen molar-refractivity contribution in [2.75, 3.05) is 13.7 Å². The topological polar surface area (TPSA) is 111 Å². The molecule has 1 atom stereocenters. The summed E-state index contributed by atoms with van der Waals surface area (Å²) in [5, 5.41) is 9.55. The van der Waals surface area contributed by atoms with Crippen LogP contribution in [0.3, 0.4) is 0 Å². The lowest BCUT2D eigenvalue weighted by Gasteiger charge is -2.11. The van der Waals surface area contributed by atoms with Crippen LogP contribution < -0.4 is 9.46 Å². The maximum Gasteiger partial charge on any atom is 0.421 e. The first kappa shape index (κ1) is 24.3. The van der Waals surface area contributed by atoms with Gasteiger partial charge in [0.25, 0.3) is 10.0 Å². The van der Waals surface area contributed by atoms with E-state index in [1.54, 1.807) is 4.72 Å². The van der Waals surface area contributed by atoms with Gasteiger partial charge in [-0.05, 0) is 61.4 Å². The number of carbonyl (C=O) groups is 1. The molecule has 2 aromatic carbocycles. The lowest BCUT2D eigenvalue weighted by atomic mass is 10.1. The molecule has 31 heavy (non-hydrogen) atoms. The SMILES string of the molecule is CCOC(=O)NS(=O)(=O)c1ccc(Oc2c(F)cc(/C=C(\C)C(O)OC)cc2F)cc1. The van der Waals surface area contributed by atoms with Gasteiger partial charge in [0.1, 0.15) is 5.75 Å². The number of amides is 1. The van der Waals surface area contributed by atoms with Gasteiger partial charge >= 0.3 is 6.09 Å². The van der Waals surface area contributed by atoms with Crippen molar-refractivity contribution in [1.29, 1.82) is 0 Å². The number of halogens is 2. The molecule has 0 aliphatic heterocycles. The molecule has 168 valence electrons. The summed E-state index contributed by atoms with van der Waals surface area (Å²) in [5.74, 6) is -2.75. The van der Waals surface area contributed by atoms with Crippen molar-refractivity contribution in [2.45, 2.75) is 25.0 Å². The Hall–Kier alpha value is -3.02. The van der Waals surface area contributed by atoms with E-state index in [2.05, 4.69) is 4.74 Å². The zero-order valence-electron chi connectivity index (χ0n) is 16.9. The smallest absolute Gasteiger partial charge is 0.421 e. The van der Waals surface area contributed by atoms with Crippen LogP contribution in [0.5, 0.6) is 11.5 Å². The van der Waals surface area contributed by atoms with Gasteiger partial charge in [0.15, 0.2) is 23.7 Å². The predicted molar refractivity (Wildman–Crippen MR) is 107 cm³/mol. The van der Waals surface area contributed by atoms with E-state index in [9.17, 15) is 27.1 Å². The zero-order valence-corrected chi connectivity index (χ0v) is 17.7. The Labute approximate surface area is 178 Å². The van der Waals surface area contributed by atoms with Crippen molar-refractivity contribution in [3.8, 4) is 11.5 Å². The van der Waals surface area contributed by atoms with E-state index < -0.39 is 39.8 Å². The molecule has 0 spiro atoms. The summed E-state index contributed by atoms with van der Waals surface area (Å²) >= 11 is 0. The Balaban J connectivity index is 2.21. The molecular weight excluding hydrogens is 436 g/mol. The Morgan fingerprint density at radius 2 is 1.77 bits per heavy atom. The molecule has 11 heteroatoms. The van der Waals surface area contributed by atoms with Gasteiger partial charge in [-0.3, -0.25) is 0 Å². The summed E-state index contributed by atoms with van der Waals surface area (Å²) in [7, 11) is -2.90. The second-order valence-electron chi connectivity index (χ2n) is 6.19. The highest BCUT2D eigenvalue weighted by Crippen LogP contribution is 2.30. The summed E-state index contributed by atoms with van der Waals surface area (Å²) in [5.41, 5.74) is 0.477. The number of carbonyl (C=O) groups excluding carboxylic acids is 1. The van der Waals surface area contributed by atoms with E-state index in [-0.39, 0.29) is 22.8 Å². The number of sulfonamides is 1. The van der Waals surface area contributed by atoms with E-state index in [1.807, 2.05) is 0 Å². The molecule has 2 N–H and O–H groups in total. The van der Waals surface area contributed by atoms with Gasteiger partial charge in [-0.25, -0.2) is 26.7 Å². The summed E-state index contributed by atoms with van der Waals surface area (Å²) < 4.78 is 69.1. The fourth-order valence-electron chi connectivity index (χ4n) is 2.41. The summed E-state index contributed by atoms with van der Waals surface area (Å²) in [6, 6.07) is 6.55. The molecule has 0 saturated carbocycles. The van der Waals surface area contributed by atoms with Crippen molar-refractivity contribution in [3.05, 3.63) is 59.2 Å². The fraction of sp³-hybridized carbons (Fsp3) is 0.250. The van der Waals surface area contributed by atoms with Crippen molar-refractivity contribution in [1.82, 2.24) is 4.72 Å². The van der Waals surface area contributed by atoms with Crippen LogP contribution in [0.4, 0.5) is 13.6 Å². The number of benzene rings is 2. The minimum absolute atomic E-state index is 0.00757. The van der Waals surface area contributed by atoms with Crippen molar-refractivity contribution >= 4 is 22.2 Å². The minimum atomic E-state index is -4.18. The second kappa shape index (κ2) is 10.3. The number of hydrogen-bond donors (Lipinski definition) is 2. The second-order valence-corrected chi connectivity index (χ2v) is 7.87. The van der Waals surface area contributed by atoms with E-state index in [4.69, 9.17) is 9.47 Å². The highest BCUT2D eigenvalue weighted by atomic mass is 32.2. The van der Waals surface area contributed by atoms with E-state index >= 15 is 0 Å². The number of aliphatic hydroxyl groups is 1. The molecule has 0 fully saturated rings. The van der Waals surface area contributed by atoms with Gasteiger partial charge in [0.05, 0.1) is 11.5 Å². The third-order valence-corrected chi connectivity index (χ3v) is 5.20. The molecule has 0 aliphatic carbocycles. The summed E-state index contributed by atoms with van der Waals surface area (Å²) in [6.07, 6.45) is -0.996. The highest BCUT2D eigenvalue weighted by molar-refractivity contribution is 7.90. The molecule has 1 unspecified atom stereocenters. The van der Waals surface area contributed by atoms with Crippen LogP contribution in [0.1, 0.15) is 19.4 Å². The van der Waals surface area contributed by atoms with E-state index in [1.165, 1.54) is 39.2 Å². The van der Waals surface area contributed by atoms with Crippen LogP contribution in [-0.2, 0) is 19.5 Å². The van der Waals surface area contributed by atoms with E-state index in [0.717, 1.165) is 24.3 Å². The molecule has 1 amide bonds. The molecule has 2 rings (SSSR count). The van der Waals surface area contributed by atoms with Crippen LogP contribution in [0.2, 0.25) is 0 Å². The van der Waals surface area contributed by atoms with Crippen molar-refractivity contribution < 1.29 is 41.3 Å². The highest BCUT2D eigenvalue weighted by Gasteiger charge is 2.19. The molecule has 0 aromatic heterocycles. The van der Waals surface area contributed by atoms with E-state index in [0.29, 0.717) is 5.57 Å². The average Bonchev–Trinajstić information content (AvgIpc) is 2.70. The molecule has 0 radical (unpaired) electrons. The Kier molecular flexibility index (Phi) is 8.08. The number of ether oxygens (including phenoxy) is 3. The van der Waals surface area contributed by atoms with Gasteiger partial charge in [-0.15, -0.1) is 0 Å². The Morgan fingerprint density at radius 1 is 1.19 bits per heavy atom. The average molecular weight is 457 g/mol. The number of hydrogen-bond acceptors (Lipinski definition) is 7.